The summed E-state index contributed by atoms with van der Waals surface area (Å²) in [5.41, 5.74) is 0.846. The minimum absolute atomic E-state index is 0.0401. The van der Waals surface area contributed by atoms with Crippen LogP contribution in [0.25, 0.3) is 0 Å². The van der Waals surface area contributed by atoms with Crippen molar-refractivity contribution in [2.24, 2.45) is 11.8 Å². The van der Waals surface area contributed by atoms with Gasteiger partial charge in [-0.05, 0) is 38.5 Å². The van der Waals surface area contributed by atoms with E-state index in [1.807, 2.05) is 13.8 Å². The summed E-state index contributed by atoms with van der Waals surface area (Å²) in [4.78, 5) is 17.1. The van der Waals surface area contributed by atoms with Crippen molar-refractivity contribution in [3.63, 3.8) is 0 Å². The zero-order chi connectivity index (χ0) is 13.1. The van der Waals surface area contributed by atoms with Crippen LogP contribution in [0.3, 0.4) is 0 Å². The predicted octanol–water partition coefficient (Wildman–Crippen LogP) is 3.30. The number of halogens is 1. The van der Waals surface area contributed by atoms with Crippen molar-refractivity contribution >= 4 is 33.2 Å². The number of rotatable bonds is 4. The molecular formula is C13H19BrN2OS. The molecule has 1 heterocycles. The SMILES string of the molecule is Cc1nc(C)c(C(=O)NCC2CCCC2CBr)s1. The Kier molecular flexibility index (Phi) is 4.78. The maximum Gasteiger partial charge on any atom is 0.263 e. The Hall–Kier alpha value is -0.420. The van der Waals surface area contributed by atoms with Crippen molar-refractivity contribution in [2.45, 2.75) is 33.1 Å². The molecule has 3 nitrogen and oxygen atoms in total. The van der Waals surface area contributed by atoms with Gasteiger partial charge in [0.05, 0.1) is 10.7 Å². The molecule has 1 aliphatic rings. The van der Waals surface area contributed by atoms with Gasteiger partial charge in [-0.2, -0.15) is 0 Å². The van der Waals surface area contributed by atoms with Crippen molar-refractivity contribution in [3.05, 3.63) is 15.6 Å². The lowest BCUT2D eigenvalue weighted by atomic mass is 9.98. The van der Waals surface area contributed by atoms with Crippen LogP contribution in [0.5, 0.6) is 0 Å². The summed E-state index contributed by atoms with van der Waals surface area (Å²) < 4.78 is 0. The number of hydrogen-bond donors (Lipinski definition) is 1. The molecule has 1 N–H and O–H groups in total. The lowest BCUT2D eigenvalue weighted by molar-refractivity contribution is 0.0948. The Bertz CT molecular complexity index is 433. The average Bonchev–Trinajstić information content (AvgIpc) is 2.92. The summed E-state index contributed by atoms with van der Waals surface area (Å²) in [6.45, 7) is 4.63. The molecule has 18 heavy (non-hydrogen) atoms. The summed E-state index contributed by atoms with van der Waals surface area (Å²) in [5, 5.41) is 5.07. The molecule has 1 saturated carbocycles. The second-order valence-corrected chi connectivity index (χ2v) is 6.81. The highest BCUT2D eigenvalue weighted by Gasteiger charge is 2.26. The number of thiazole rings is 1. The van der Waals surface area contributed by atoms with E-state index in [9.17, 15) is 4.79 Å². The first-order chi connectivity index (χ1) is 8.61. The first-order valence-electron chi connectivity index (χ1n) is 6.40. The third-order valence-electron chi connectivity index (χ3n) is 3.65. The minimum Gasteiger partial charge on any atom is -0.351 e. The van der Waals surface area contributed by atoms with Gasteiger partial charge in [0.25, 0.3) is 5.91 Å². The van der Waals surface area contributed by atoms with Crippen LogP contribution >= 0.6 is 27.3 Å². The minimum atomic E-state index is 0.0401. The third-order valence-corrected chi connectivity index (χ3v) is 5.55. The number of aromatic nitrogens is 1. The molecule has 2 atom stereocenters. The first kappa shape index (κ1) is 14.0. The van der Waals surface area contributed by atoms with Gasteiger partial charge in [0.1, 0.15) is 4.88 Å². The van der Waals surface area contributed by atoms with E-state index >= 15 is 0 Å². The van der Waals surface area contributed by atoms with Crippen LogP contribution in [0.2, 0.25) is 0 Å². The Morgan fingerprint density at radius 2 is 2.17 bits per heavy atom. The van der Waals surface area contributed by atoms with E-state index in [0.29, 0.717) is 5.92 Å². The van der Waals surface area contributed by atoms with E-state index in [2.05, 4.69) is 26.2 Å². The largest absolute Gasteiger partial charge is 0.351 e. The molecule has 1 aromatic rings. The van der Waals surface area contributed by atoms with Gasteiger partial charge in [-0.3, -0.25) is 4.79 Å². The number of carbonyl (C=O) groups excluding carboxylic acids is 1. The predicted molar refractivity (Wildman–Crippen MR) is 78.5 cm³/mol. The highest BCUT2D eigenvalue weighted by molar-refractivity contribution is 9.09. The van der Waals surface area contributed by atoms with Crippen molar-refractivity contribution in [3.8, 4) is 0 Å². The molecule has 5 heteroatoms. The smallest absolute Gasteiger partial charge is 0.263 e. The van der Waals surface area contributed by atoms with Gasteiger partial charge in [0.2, 0.25) is 0 Å². The maximum absolute atomic E-state index is 12.1. The number of alkyl halides is 1. The number of nitrogens with zero attached hydrogens (tertiary/aromatic N) is 1. The summed E-state index contributed by atoms with van der Waals surface area (Å²) >= 11 is 5.04. The first-order valence-corrected chi connectivity index (χ1v) is 8.33. The van der Waals surface area contributed by atoms with Gasteiger partial charge < -0.3 is 5.32 Å². The fourth-order valence-corrected chi connectivity index (χ4v) is 4.32. The zero-order valence-corrected chi connectivity index (χ0v) is 13.2. The highest BCUT2D eigenvalue weighted by atomic mass is 79.9. The Morgan fingerprint density at radius 3 is 2.78 bits per heavy atom. The monoisotopic (exact) mass is 330 g/mol. The lowest BCUT2D eigenvalue weighted by Gasteiger charge is -2.17. The third kappa shape index (κ3) is 3.12. The van der Waals surface area contributed by atoms with E-state index in [1.54, 1.807) is 0 Å². The normalized spacial score (nSPS) is 23.3. The van der Waals surface area contributed by atoms with Crippen molar-refractivity contribution in [2.75, 3.05) is 11.9 Å². The Balaban J connectivity index is 1.90. The van der Waals surface area contributed by atoms with Crippen LogP contribution in [-0.2, 0) is 0 Å². The van der Waals surface area contributed by atoms with Crippen LogP contribution in [0.1, 0.15) is 39.6 Å². The molecule has 1 aromatic heterocycles. The molecule has 2 unspecified atom stereocenters. The fourth-order valence-electron chi connectivity index (χ4n) is 2.63. The van der Waals surface area contributed by atoms with Gasteiger partial charge in [-0.1, -0.05) is 22.4 Å². The van der Waals surface area contributed by atoms with E-state index < -0.39 is 0 Å². The van der Waals surface area contributed by atoms with Gasteiger partial charge in [-0.25, -0.2) is 4.98 Å². The molecule has 2 rings (SSSR count). The second-order valence-electron chi connectivity index (χ2n) is 4.96. The molecule has 1 aliphatic carbocycles. The number of hydrogen-bond acceptors (Lipinski definition) is 3. The summed E-state index contributed by atoms with van der Waals surface area (Å²) in [6.07, 6.45) is 3.80. The van der Waals surface area contributed by atoms with Crippen LogP contribution in [-0.4, -0.2) is 22.8 Å². The molecule has 0 aliphatic heterocycles. The quantitative estimate of drug-likeness (QED) is 0.860. The van der Waals surface area contributed by atoms with Crippen LogP contribution in [0, 0.1) is 25.7 Å². The number of aryl methyl sites for hydroxylation is 2. The van der Waals surface area contributed by atoms with Crippen LogP contribution in [0.4, 0.5) is 0 Å². The van der Waals surface area contributed by atoms with Crippen molar-refractivity contribution < 1.29 is 4.79 Å². The lowest BCUT2D eigenvalue weighted by Crippen LogP contribution is -2.31. The molecule has 100 valence electrons. The van der Waals surface area contributed by atoms with E-state index in [-0.39, 0.29) is 5.91 Å². The fraction of sp³-hybridized carbons (Fsp3) is 0.692. The Labute approximate surface area is 121 Å². The highest BCUT2D eigenvalue weighted by Crippen LogP contribution is 2.32. The molecular weight excluding hydrogens is 312 g/mol. The van der Waals surface area contributed by atoms with Gasteiger partial charge in [-0.15, -0.1) is 11.3 Å². The maximum atomic E-state index is 12.1. The van der Waals surface area contributed by atoms with E-state index in [0.717, 1.165) is 33.4 Å². The van der Waals surface area contributed by atoms with E-state index in [1.165, 1.54) is 30.6 Å². The van der Waals surface area contributed by atoms with E-state index in [4.69, 9.17) is 0 Å². The molecule has 0 spiro atoms. The topological polar surface area (TPSA) is 42.0 Å². The van der Waals surface area contributed by atoms with Gasteiger partial charge in [0.15, 0.2) is 0 Å². The second kappa shape index (κ2) is 6.15. The van der Waals surface area contributed by atoms with Crippen molar-refractivity contribution in [1.29, 1.82) is 0 Å². The van der Waals surface area contributed by atoms with Crippen molar-refractivity contribution in [1.82, 2.24) is 10.3 Å². The van der Waals surface area contributed by atoms with Gasteiger partial charge in [0, 0.05) is 11.9 Å². The molecule has 1 fully saturated rings. The molecule has 0 radical (unpaired) electrons. The number of nitrogens with one attached hydrogen (secondary N) is 1. The molecule has 0 aromatic carbocycles. The average molecular weight is 331 g/mol. The zero-order valence-electron chi connectivity index (χ0n) is 10.8. The van der Waals surface area contributed by atoms with Gasteiger partial charge >= 0.3 is 0 Å². The van der Waals surface area contributed by atoms with Crippen LogP contribution in [0.15, 0.2) is 0 Å². The summed E-state index contributed by atoms with van der Waals surface area (Å²) in [6, 6.07) is 0. The molecule has 0 saturated heterocycles. The number of amides is 1. The Morgan fingerprint density at radius 1 is 1.44 bits per heavy atom. The number of carbonyl (C=O) groups is 1. The molecule has 1 amide bonds. The standard InChI is InChI=1S/C13H19BrN2OS/c1-8-12(18-9(2)16-8)13(17)15-7-11-5-3-4-10(11)6-14/h10-11H,3-7H2,1-2H3,(H,15,17). The summed E-state index contributed by atoms with van der Waals surface area (Å²) in [5.74, 6) is 1.38. The molecule has 0 bridgehead atoms. The summed E-state index contributed by atoms with van der Waals surface area (Å²) in [7, 11) is 0. The van der Waals surface area contributed by atoms with Crippen LogP contribution < -0.4 is 5.32 Å².